The number of halogens is 2. The van der Waals surface area contributed by atoms with E-state index in [1.165, 1.54) is 21.9 Å². The van der Waals surface area contributed by atoms with Gasteiger partial charge in [0.2, 0.25) is 0 Å². The molecule has 5 heteroatoms. The fourth-order valence-corrected chi connectivity index (χ4v) is 11.6. The van der Waals surface area contributed by atoms with Gasteiger partial charge < -0.3 is 24.8 Å². The van der Waals surface area contributed by atoms with Crippen molar-refractivity contribution in [3.63, 3.8) is 0 Å². The predicted molar refractivity (Wildman–Crippen MR) is 100 cm³/mol. The van der Waals surface area contributed by atoms with Gasteiger partial charge in [0.15, 0.2) is 0 Å². The maximum Gasteiger partial charge on any atom is -1.00 e. The molecule has 26 heavy (non-hydrogen) atoms. The summed E-state index contributed by atoms with van der Waals surface area (Å²) in [6.45, 7) is 4.83. The Labute approximate surface area is 174 Å². The molecule has 0 amide bonds. The Bertz CT molecular complexity index is 980. The van der Waals surface area contributed by atoms with Crippen LogP contribution in [0.15, 0.2) is 72.8 Å². The first kappa shape index (κ1) is 21.3. The Morgan fingerprint density at radius 2 is 1.54 bits per heavy atom. The fourth-order valence-electron chi connectivity index (χ4n) is 3.31. The van der Waals surface area contributed by atoms with Crippen LogP contribution in [-0.2, 0) is 17.0 Å². The van der Waals surface area contributed by atoms with Crippen molar-refractivity contribution in [3.8, 4) is 5.75 Å². The van der Waals surface area contributed by atoms with Gasteiger partial charge in [-0.2, -0.15) is 0 Å². The monoisotopic (exact) mass is 434 g/mol. The molecular formula is C21H20Cl2OSiTi. The molecule has 1 aliphatic rings. The number of benzene rings is 3. The molecule has 3 aromatic carbocycles. The van der Waals surface area contributed by atoms with E-state index in [0.717, 1.165) is 5.75 Å². The predicted octanol–water partition coefficient (Wildman–Crippen LogP) is -0.221. The van der Waals surface area contributed by atoms with Crippen LogP contribution in [0.25, 0.3) is 16.8 Å². The minimum Gasteiger partial charge on any atom is -1.00 e. The van der Waals surface area contributed by atoms with E-state index in [9.17, 15) is 0 Å². The molecule has 4 rings (SSSR count). The molecule has 0 saturated heterocycles. The minimum absolute atomic E-state index is 0. The number of hydrogen-bond donors (Lipinski definition) is 0. The van der Waals surface area contributed by atoms with Crippen molar-refractivity contribution < 1.29 is 45.1 Å². The number of rotatable bonds is 3. The molecule has 0 saturated carbocycles. The Morgan fingerprint density at radius 1 is 0.846 bits per heavy atom. The van der Waals surface area contributed by atoms with E-state index < -0.39 is 23.2 Å². The third kappa shape index (κ3) is 4.27. The molecule has 132 valence electrons. The summed E-state index contributed by atoms with van der Waals surface area (Å²) in [5.41, 5.74) is 2.84. The first-order valence-corrected chi connectivity index (χ1v) is 14.7. The average Bonchev–Trinajstić information content (AvgIpc) is 3.03. The molecule has 0 N–H and O–H groups in total. The first-order valence-electron chi connectivity index (χ1n) is 8.33. The van der Waals surface area contributed by atoms with Gasteiger partial charge in [-0.05, 0) is 0 Å². The van der Waals surface area contributed by atoms with Crippen molar-refractivity contribution in [1.82, 2.24) is 0 Å². The van der Waals surface area contributed by atoms with Crippen LogP contribution in [0.2, 0.25) is 13.1 Å². The molecular weight excluding hydrogens is 415 g/mol. The number of allylic oxidation sites excluding steroid dienone is 1. The second-order valence-electron chi connectivity index (χ2n) is 6.44. The van der Waals surface area contributed by atoms with Crippen molar-refractivity contribution in [3.05, 3.63) is 83.9 Å². The van der Waals surface area contributed by atoms with E-state index in [2.05, 4.69) is 92.0 Å². The molecule has 0 bridgehead atoms. The van der Waals surface area contributed by atoms with Gasteiger partial charge in [0.25, 0.3) is 0 Å². The van der Waals surface area contributed by atoms with E-state index >= 15 is 0 Å². The number of hydrogen-bond acceptors (Lipinski definition) is 1. The van der Waals surface area contributed by atoms with Crippen LogP contribution in [-0.4, -0.2) is 6.19 Å². The van der Waals surface area contributed by atoms with Crippen molar-refractivity contribution in [2.45, 2.75) is 17.3 Å². The smallest absolute Gasteiger partial charge is 1.00 e. The minimum atomic E-state index is -1.71. The summed E-state index contributed by atoms with van der Waals surface area (Å²) in [5.74, 6) is 1.05. The zero-order chi connectivity index (χ0) is 16.5. The summed E-state index contributed by atoms with van der Waals surface area (Å²) >= 11 is -1.71. The Balaban J connectivity index is 0.00000121. The normalized spacial score (nSPS) is 13.8. The van der Waals surface area contributed by atoms with Gasteiger partial charge in [-0.25, -0.2) is 0 Å². The van der Waals surface area contributed by atoms with E-state index in [4.69, 9.17) is 3.32 Å². The summed E-state index contributed by atoms with van der Waals surface area (Å²) in [4.78, 5) is 0. The molecule has 3 aromatic rings. The van der Waals surface area contributed by atoms with E-state index in [1.54, 1.807) is 0 Å². The van der Waals surface area contributed by atoms with Gasteiger partial charge in [0.05, 0.1) is 0 Å². The summed E-state index contributed by atoms with van der Waals surface area (Å²) in [7, 11) is 0. The molecule has 1 aliphatic carbocycles. The van der Waals surface area contributed by atoms with Crippen LogP contribution in [0.4, 0.5) is 0 Å². The van der Waals surface area contributed by atoms with Crippen LogP contribution in [0.3, 0.4) is 0 Å². The quantitative estimate of drug-likeness (QED) is 0.518. The van der Waals surface area contributed by atoms with Crippen LogP contribution in [0, 0.1) is 0 Å². The molecule has 0 aromatic heterocycles. The molecule has 0 spiro atoms. The molecule has 0 fully saturated rings. The summed E-state index contributed by atoms with van der Waals surface area (Å²) in [5, 5.41) is 2.53. The molecule has 1 nitrogen and oxygen atoms in total. The molecule has 1 unspecified atom stereocenters. The Hall–Kier alpha value is -1.03. The first-order chi connectivity index (χ1) is 11.7. The molecule has 0 heterocycles. The zero-order valence-corrected chi connectivity index (χ0v) is 18.8. The van der Waals surface area contributed by atoms with Crippen LogP contribution in [0.1, 0.15) is 15.3 Å². The third-order valence-corrected chi connectivity index (χ3v) is 14.2. The largest absolute Gasteiger partial charge is 1.00 e. The second kappa shape index (κ2) is 9.25. The van der Waals surface area contributed by atoms with Crippen molar-refractivity contribution in [2.75, 3.05) is 0 Å². The van der Waals surface area contributed by atoms with Crippen LogP contribution < -0.4 is 28.1 Å². The molecule has 0 aliphatic heterocycles. The van der Waals surface area contributed by atoms with Crippen LogP contribution >= 0.6 is 0 Å². The summed E-state index contributed by atoms with van der Waals surface area (Å²) < 4.78 is 7.21. The summed E-state index contributed by atoms with van der Waals surface area (Å²) in [6.07, 6.45) is 4.21. The summed E-state index contributed by atoms with van der Waals surface area (Å²) in [6, 6.07) is 23.8. The van der Waals surface area contributed by atoms with Gasteiger partial charge in [-0.15, -0.1) is 0 Å². The maximum atomic E-state index is 6.69. The van der Waals surface area contributed by atoms with Crippen molar-refractivity contribution in [2.24, 2.45) is 0 Å². The van der Waals surface area contributed by atoms with Crippen LogP contribution in [0.5, 0.6) is 5.75 Å². The van der Waals surface area contributed by atoms with Crippen molar-refractivity contribution >= 4 is 23.0 Å². The van der Waals surface area contributed by atoms with Crippen molar-refractivity contribution in [1.29, 1.82) is 0 Å². The van der Waals surface area contributed by atoms with Gasteiger partial charge in [-0.1, -0.05) is 0 Å². The maximum absolute atomic E-state index is 6.69. The SMILES string of the molecule is C[Si](C)=[Ti+2]([O]c1ccc2ccccc2c1)[CH]1C=Cc2ccccc21.[Cl-].[Cl-]. The third-order valence-electron chi connectivity index (χ3n) is 4.52. The molecule has 1 atom stereocenters. The van der Waals surface area contributed by atoms with Gasteiger partial charge in [0.1, 0.15) is 0 Å². The fraction of sp³-hybridized carbons (Fsp3) is 0.143. The Kier molecular flexibility index (Phi) is 7.57. The average molecular weight is 435 g/mol. The standard InChI is InChI=1S/C10H8O.C9H7.C2H6Si.2ClH.Ti/c11-10-6-5-8-3-1-2-4-9(8)7-10;1-2-5-9-7-3-6-8(9)4-1;1-3-2;;;/h1-7,11H;1-7H;1-2H3;2*1H;/q;;;;;+3/p-3. The van der Waals surface area contributed by atoms with E-state index in [1.807, 2.05) is 0 Å². The number of fused-ring (bicyclic) bond motifs is 2. The van der Waals surface area contributed by atoms with Gasteiger partial charge >= 0.3 is 150 Å². The Morgan fingerprint density at radius 3 is 2.31 bits per heavy atom. The van der Waals surface area contributed by atoms with Gasteiger partial charge in [0, 0.05) is 0 Å². The zero-order valence-electron chi connectivity index (χ0n) is 14.7. The van der Waals surface area contributed by atoms with E-state index in [0.29, 0.717) is 4.22 Å². The topological polar surface area (TPSA) is 9.23 Å². The van der Waals surface area contributed by atoms with E-state index in [-0.39, 0.29) is 24.8 Å². The second-order valence-corrected chi connectivity index (χ2v) is 17.6. The van der Waals surface area contributed by atoms with Gasteiger partial charge in [-0.3, -0.25) is 0 Å². The molecule has 0 radical (unpaired) electrons.